The van der Waals surface area contributed by atoms with Crippen LogP contribution < -0.4 is 25.4 Å². The number of carbonyl (C=O) groups excluding carboxylic acids is 1. The summed E-state index contributed by atoms with van der Waals surface area (Å²) in [5.41, 5.74) is 3.12. The molecule has 0 saturated heterocycles. The Balaban J connectivity index is 1.38. The zero-order valence-corrected chi connectivity index (χ0v) is 22.4. The third-order valence-corrected chi connectivity index (χ3v) is 6.40. The quantitative estimate of drug-likeness (QED) is 0.242. The maximum Gasteiger partial charge on any atom is 0.323 e. The Morgan fingerprint density at radius 1 is 0.895 bits per heavy atom. The van der Waals surface area contributed by atoms with Gasteiger partial charge < -0.3 is 25.4 Å². The van der Waals surface area contributed by atoms with E-state index < -0.39 is 0 Å². The minimum atomic E-state index is -0.365. The van der Waals surface area contributed by atoms with Crippen LogP contribution in [0.3, 0.4) is 0 Å². The summed E-state index contributed by atoms with van der Waals surface area (Å²) in [6, 6.07) is 19.2. The van der Waals surface area contributed by atoms with Gasteiger partial charge in [-0.2, -0.15) is 4.98 Å². The molecule has 5 rings (SSSR count). The van der Waals surface area contributed by atoms with Crippen LogP contribution in [-0.4, -0.2) is 29.2 Å². The number of urea groups is 1. The number of hydrogen-bond donors (Lipinski definition) is 3. The number of hydrogen-bond acceptors (Lipinski definition) is 6. The first-order chi connectivity index (χ1) is 18.2. The van der Waals surface area contributed by atoms with E-state index in [2.05, 4.69) is 46.7 Å². The summed E-state index contributed by atoms with van der Waals surface area (Å²) < 4.78 is 11.7. The molecule has 3 N–H and O–H groups in total. The summed E-state index contributed by atoms with van der Waals surface area (Å²) in [5, 5.41) is 11.0. The van der Waals surface area contributed by atoms with E-state index >= 15 is 0 Å². The van der Waals surface area contributed by atoms with Crippen LogP contribution in [0.2, 0.25) is 0 Å². The van der Waals surface area contributed by atoms with Crippen LogP contribution >= 0.6 is 0 Å². The molecule has 2 amide bonds. The second-order valence-corrected chi connectivity index (χ2v) is 10.6. The number of benzene rings is 3. The zero-order chi connectivity index (χ0) is 26.9. The van der Waals surface area contributed by atoms with Crippen LogP contribution in [0.4, 0.5) is 22.1 Å². The van der Waals surface area contributed by atoms with Crippen molar-refractivity contribution in [3.63, 3.8) is 0 Å². The largest absolute Gasteiger partial charge is 0.495 e. The summed E-state index contributed by atoms with van der Waals surface area (Å²) in [7, 11) is 1.59. The molecule has 3 aromatic carbocycles. The van der Waals surface area contributed by atoms with Gasteiger partial charge in [0.1, 0.15) is 11.5 Å². The lowest BCUT2D eigenvalue weighted by molar-refractivity contribution is 0.262. The molecule has 1 aromatic heterocycles. The van der Waals surface area contributed by atoms with Gasteiger partial charge in [-0.15, -0.1) is 0 Å². The molecule has 8 nitrogen and oxygen atoms in total. The lowest BCUT2D eigenvalue weighted by Gasteiger charge is -2.21. The highest BCUT2D eigenvalue weighted by molar-refractivity contribution is 6.08. The van der Waals surface area contributed by atoms with Crippen molar-refractivity contribution in [1.29, 1.82) is 0 Å². The molecule has 1 aliphatic rings. The molecule has 0 unspecified atom stereocenters. The SMILES string of the molecule is COc1ccc(C(C)(C)C)cc1NC(=O)Nc1ccc(Oc2cc(C)nc(NC3CC3)n2)c2ccccc12. The van der Waals surface area contributed by atoms with Gasteiger partial charge in [0.25, 0.3) is 0 Å². The van der Waals surface area contributed by atoms with Crippen molar-refractivity contribution < 1.29 is 14.3 Å². The number of nitrogens with zero attached hydrogens (tertiary/aromatic N) is 2. The topological polar surface area (TPSA) is 97.4 Å². The number of anilines is 3. The number of amides is 2. The highest BCUT2D eigenvalue weighted by Crippen LogP contribution is 2.35. The van der Waals surface area contributed by atoms with Crippen molar-refractivity contribution in [2.75, 3.05) is 23.1 Å². The van der Waals surface area contributed by atoms with Gasteiger partial charge in [-0.1, -0.05) is 51.1 Å². The van der Waals surface area contributed by atoms with Crippen molar-refractivity contribution in [3.05, 3.63) is 71.9 Å². The van der Waals surface area contributed by atoms with Gasteiger partial charge in [0.05, 0.1) is 18.5 Å². The molecule has 1 fully saturated rings. The Morgan fingerprint density at radius 3 is 2.32 bits per heavy atom. The Kier molecular flexibility index (Phi) is 6.80. The predicted octanol–water partition coefficient (Wildman–Crippen LogP) is 7.25. The predicted molar refractivity (Wildman–Crippen MR) is 152 cm³/mol. The van der Waals surface area contributed by atoms with Crippen LogP contribution in [0.1, 0.15) is 44.9 Å². The van der Waals surface area contributed by atoms with Gasteiger partial charge in [-0.25, -0.2) is 9.78 Å². The van der Waals surface area contributed by atoms with Crippen molar-refractivity contribution in [3.8, 4) is 17.4 Å². The van der Waals surface area contributed by atoms with E-state index in [-0.39, 0.29) is 11.4 Å². The highest BCUT2D eigenvalue weighted by atomic mass is 16.5. The molecule has 1 saturated carbocycles. The van der Waals surface area contributed by atoms with E-state index in [0.29, 0.717) is 40.7 Å². The van der Waals surface area contributed by atoms with Crippen LogP contribution in [0.25, 0.3) is 10.8 Å². The number of aryl methyl sites for hydroxylation is 1. The van der Waals surface area contributed by atoms with Gasteiger partial charge in [-0.3, -0.25) is 0 Å². The minimum Gasteiger partial charge on any atom is -0.495 e. The maximum absolute atomic E-state index is 13.1. The number of methoxy groups -OCH3 is 1. The average molecular weight is 512 g/mol. The third kappa shape index (κ3) is 5.80. The molecule has 1 aliphatic carbocycles. The second-order valence-electron chi connectivity index (χ2n) is 10.6. The van der Waals surface area contributed by atoms with E-state index in [1.165, 1.54) is 0 Å². The molecule has 1 heterocycles. The van der Waals surface area contributed by atoms with Crippen molar-refractivity contribution in [2.45, 2.75) is 52.0 Å². The molecule has 0 aliphatic heterocycles. The van der Waals surface area contributed by atoms with Gasteiger partial charge in [0.15, 0.2) is 0 Å². The summed E-state index contributed by atoms with van der Waals surface area (Å²) in [4.78, 5) is 22.1. The lowest BCUT2D eigenvalue weighted by atomic mass is 9.87. The zero-order valence-electron chi connectivity index (χ0n) is 22.4. The Morgan fingerprint density at radius 2 is 1.61 bits per heavy atom. The molecular formula is C30H33N5O3. The number of fused-ring (bicyclic) bond motifs is 1. The number of aromatic nitrogens is 2. The van der Waals surface area contributed by atoms with Gasteiger partial charge >= 0.3 is 6.03 Å². The van der Waals surface area contributed by atoms with E-state index in [9.17, 15) is 4.79 Å². The number of rotatable bonds is 7. The average Bonchev–Trinajstić information content (AvgIpc) is 3.68. The Bertz CT molecular complexity index is 1490. The van der Waals surface area contributed by atoms with E-state index in [1.54, 1.807) is 7.11 Å². The highest BCUT2D eigenvalue weighted by Gasteiger charge is 2.22. The normalized spacial score (nSPS) is 13.2. The second kappa shape index (κ2) is 10.2. The molecule has 0 bridgehead atoms. The molecule has 38 heavy (non-hydrogen) atoms. The summed E-state index contributed by atoms with van der Waals surface area (Å²) in [6.45, 7) is 8.30. The van der Waals surface area contributed by atoms with Gasteiger partial charge in [-0.05, 0) is 55.0 Å². The molecule has 196 valence electrons. The summed E-state index contributed by atoms with van der Waals surface area (Å²) >= 11 is 0. The van der Waals surface area contributed by atoms with Crippen molar-refractivity contribution in [2.24, 2.45) is 0 Å². The molecule has 4 aromatic rings. The standard InChI is InChI=1S/C30H33N5O3/c1-18-16-27(35-28(31-18)32-20-11-12-20)38-25-15-13-23(21-8-6-7-9-22(21)25)33-29(36)34-24-17-19(30(2,3)4)10-14-26(24)37-5/h6-10,13-17,20H,11-12H2,1-5H3,(H,31,32,35)(H2,33,34,36). The lowest BCUT2D eigenvalue weighted by Crippen LogP contribution is -2.21. The number of nitrogens with one attached hydrogen (secondary N) is 3. The van der Waals surface area contributed by atoms with Gasteiger partial charge in [0.2, 0.25) is 11.8 Å². The van der Waals surface area contributed by atoms with Crippen molar-refractivity contribution in [1.82, 2.24) is 9.97 Å². The van der Waals surface area contributed by atoms with E-state index in [4.69, 9.17) is 9.47 Å². The van der Waals surface area contributed by atoms with Gasteiger partial charge in [0, 0.05) is 28.6 Å². The first-order valence-electron chi connectivity index (χ1n) is 12.8. The molecular weight excluding hydrogens is 478 g/mol. The van der Waals surface area contributed by atoms with Crippen LogP contribution in [0, 0.1) is 6.92 Å². The third-order valence-electron chi connectivity index (χ3n) is 6.40. The number of carbonyl (C=O) groups is 1. The van der Waals surface area contributed by atoms with E-state index in [1.807, 2.05) is 67.6 Å². The first kappa shape index (κ1) is 25.3. The summed E-state index contributed by atoms with van der Waals surface area (Å²) in [6.07, 6.45) is 2.27. The Hall–Kier alpha value is -4.33. The van der Waals surface area contributed by atoms with Crippen LogP contribution in [-0.2, 0) is 5.41 Å². The molecule has 0 radical (unpaired) electrons. The number of ether oxygens (including phenoxy) is 2. The fourth-order valence-corrected chi connectivity index (χ4v) is 4.20. The summed E-state index contributed by atoms with van der Waals surface area (Å²) in [5.74, 6) is 2.28. The smallest absolute Gasteiger partial charge is 0.323 e. The van der Waals surface area contributed by atoms with Crippen molar-refractivity contribution >= 4 is 34.1 Å². The minimum absolute atomic E-state index is 0.0673. The maximum atomic E-state index is 13.1. The Labute approximate surface area is 222 Å². The van der Waals surface area contributed by atoms with Crippen LogP contribution in [0.5, 0.6) is 17.4 Å². The van der Waals surface area contributed by atoms with Crippen LogP contribution in [0.15, 0.2) is 60.7 Å². The molecule has 0 atom stereocenters. The van der Waals surface area contributed by atoms with E-state index in [0.717, 1.165) is 34.9 Å². The fraction of sp³-hybridized carbons (Fsp3) is 0.300. The monoisotopic (exact) mass is 511 g/mol. The molecule has 0 spiro atoms. The molecule has 8 heteroatoms. The fourth-order valence-electron chi connectivity index (χ4n) is 4.20. The first-order valence-corrected chi connectivity index (χ1v) is 12.8.